The largest absolute Gasteiger partial charge is 0.368 e. The lowest BCUT2D eigenvalue weighted by Crippen LogP contribution is -2.42. The minimum absolute atomic E-state index is 0.0899. The first-order valence-electron chi connectivity index (χ1n) is 11.3. The summed E-state index contributed by atoms with van der Waals surface area (Å²) in [5.74, 6) is -0.0225. The van der Waals surface area contributed by atoms with E-state index >= 15 is 0 Å². The Kier molecular flexibility index (Phi) is 5.72. The maximum absolute atomic E-state index is 13.2. The molecular formula is C22H29N9O2S. The van der Waals surface area contributed by atoms with E-state index in [9.17, 15) is 9.59 Å². The SMILES string of the molecule is CNC1CCN(C(=O)CC2=CSC(NC(=O)c3n[nH]c4c3C(C)(C)Cc3cnc(N)nc3-4)N2)C1. The summed E-state index contributed by atoms with van der Waals surface area (Å²) in [6, 6.07) is 0.356. The summed E-state index contributed by atoms with van der Waals surface area (Å²) in [6.07, 6.45) is 3.66. The normalized spacial score (nSPS) is 22.6. The molecule has 4 heterocycles. The van der Waals surface area contributed by atoms with Gasteiger partial charge in [0.1, 0.15) is 0 Å². The molecule has 11 nitrogen and oxygen atoms in total. The third kappa shape index (κ3) is 4.11. The van der Waals surface area contributed by atoms with Gasteiger partial charge in [-0.05, 0) is 36.3 Å². The lowest BCUT2D eigenvalue weighted by atomic mass is 9.73. The summed E-state index contributed by atoms with van der Waals surface area (Å²) < 4.78 is 0. The van der Waals surface area contributed by atoms with Gasteiger partial charge in [0.25, 0.3) is 5.91 Å². The molecule has 180 valence electrons. The van der Waals surface area contributed by atoms with Crippen LogP contribution < -0.4 is 21.7 Å². The Morgan fingerprint density at radius 1 is 1.38 bits per heavy atom. The fourth-order valence-corrected chi connectivity index (χ4v) is 5.75. The van der Waals surface area contributed by atoms with Gasteiger partial charge < -0.3 is 26.6 Å². The Hall–Kier alpha value is -3.12. The number of hydrogen-bond acceptors (Lipinski definition) is 9. The summed E-state index contributed by atoms with van der Waals surface area (Å²) in [5, 5.41) is 18.7. The molecule has 0 saturated carbocycles. The number of aromatic amines is 1. The van der Waals surface area contributed by atoms with E-state index in [0.717, 1.165) is 36.3 Å². The number of carbonyl (C=O) groups excluding carboxylic acids is 2. The topological polar surface area (TPSA) is 154 Å². The number of rotatable bonds is 5. The van der Waals surface area contributed by atoms with E-state index in [0.29, 0.717) is 36.0 Å². The molecule has 0 bridgehead atoms. The minimum atomic E-state index is -0.372. The Bertz CT molecular complexity index is 1180. The molecule has 2 amide bonds. The molecule has 0 spiro atoms. The molecule has 2 aromatic heterocycles. The van der Waals surface area contributed by atoms with Crippen LogP contribution >= 0.6 is 11.8 Å². The van der Waals surface area contributed by atoms with Gasteiger partial charge in [-0.3, -0.25) is 14.7 Å². The number of nitrogens with zero attached hydrogens (tertiary/aromatic N) is 4. The van der Waals surface area contributed by atoms with E-state index in [2.05, 4.69) is 50.0 Å². The molecule has 2 unspecified atom stereocenters. The van der Waals surface area contributed by atoms with Crippen molar-refractivity contribution in [2.24, 2.45) is 0 Å². The van der Waals surface area contributed by atoms with Crippen molar-refractivity contribution in [2.45, 2.75) is 50.1 Å². The molecule has 34 heavy (non-hydrogen) atoms. The van der Waals surface area contributed by atoms with Crippen molar-refractivity contribution in [2.75, 3.05) is 25.9 Å². The van der Waals surface area contributed by atoms with Crippen LogP contribution in [0.3, 0.4) is 0 Å². The van der Waals surface area contributed by atoms with Crippen LogP contribution in [-0.4, -0.2) is 68.6 Å². The number of fused-ring (bicyclic) bond motifs is 3. The van der Waals surface area contributed by atoms with Crippen LogP contribution in [-0.2, 0) is 16.6 Å². The van der Waals surface area contributed by atoms with Crippen molar-refractivity contribution in [1.82, 2.24) is 41.0 Å². The van der Waals surface area contributed by atoms with Gasteiger partial charge in [0, 0.05) is 36.6 Å². The molecule has 6 N–H and O–H groups in total. The summed E-state index contributed by atoms with van der Waals surface area (Å²) in [5.41, 5.74) is 9.40. The standard InChI is InChI=1S/C22H29N9O2S/c1-22(2)7-11-8-25-20(23)27-16(11)17-15(22)18(30-29-17)19(33)28-21-26-13(10-34-21)6-14(32)31-5-4-12(9-31)24-3/h8,10,12,21,24,26H,4-7,9H2,1-3H3,(H,28,33)(H,29,30)(H2,23,25,27). The van der Waals surface area contributed by atoms with E-state index in [1.54, 1.807) is 6.20 Å². The second-order valence-corrected chi connectivity index (χ2v) is 10.5. The number of nitrogen functional groups attached to an aromatic ring is 1. The molecule has 2 atom stereocenters. The Morgan fingerprint density at radius 3 is 2.97 bits per heavy atom. The number of anilines is 1. The molecule has 2 aliphatic heterocycles. The first-order valence-corrected chi connectivity index (χ1v) is 12.3. The van der Waals surface area contributed by atoms with Gasteiger partial charge in [-0.25, -0.2) is 9.97 Å². The highest BCUT2D eigenvalue weighted by molar-refractivity contribution is 8.02. The number of likely N-dealkylation sites (tertiary alicyclic amines) is 1. The number of nitrogens with one attached hydrogen (secondary N) is 4. The second-order valence-electron chi connectivity index (χ2n) is 9.55. The highest BCUT2D eigenvalue weighted by atomic mass is 32.2. The zero-order valence-electron chi connectivity index (χ0n) is 19.4. The van der Waals surface area contributed by atoms with E-state index in [4.69, 9.17) is 5.73 Å². The number of likely N-dealkylation sites (N-methyl/N-ethyl adjacent to an activating group) is 1. The highest BCUT2D eigenvalue weighted by Crippen LogP contribution is 2.42. The summed E-state index contributed by atoms with van der Waals surface area (Å²) in [4.78, 5) is 36.2. The van der Waals surface area contributed by atoms with E-state index in [-0.39, 0.29) is 28.7 Å². The highest BCUT2D eigenvalue weighted by Gasteiger charge is 2.39. The van der Waals surface area contributed by atoms with Crippen LogP contribution in [0.4, 0.5) is 5.95 Å². The van der Waals surface area contributed by atoms with Gasteiger partial charge in [0.2, 0.25) is 11.9 Å². The molecule has 1 saturated heterocycles. The lowest BCUT2D eigenvalue weighted by Gasteiger charge is -2.31. The van der Waals surface area contributed by atoms with Gasteiger partial charge in [0.05, 0.1) is 17.8 Å². The summed E-state index contributed by atoms with van der Waals surface area (Å²) >= 11 is 1.43. The number of amides is 2. The van der Waals surface area contributed by atoms with Gasteiger partial charge in [-0.1, -0.05) is 25.6 Å². The van der Waals surface area contributed by atoms with Crippen molar-refractivity contribution >= 4 is 29.5 Å². The molecule has 0 radical (unpaired) electrons. The molecule has 12 heteroatoms. The quantitative estimate of drug-likeness (QED) is 0.413. The zero-order chi connectivity index (χ0) is 24.0. The number of H-pyrrole nitrogens is 1. The van der Waals surface area contributed by atoms with Crippen LogP contribution in [0.25, 0.3) is 11.4 Å². The monoisotopic (exact) mass is 483 g/mol. The van der Waals surface area contributed by atoms with E-state index in [1.807, 2.05) is 17.4 Å². The maximum Gasteiger partial charge on any atom is 0.274 e. The molecule has 2 aromatic rings. The lowest BCUT2D eigenvalue weighted by molar-refractivity contribution is -0.129. The smallest absolute Gasteiger partial charge is 0.274 e. The van der Waals surface area contributed by atoms with Crippen LogP contribution in [0.5, 0.6) is 0 Å². The Labute approximate surface area is 201 Å². The average molecular weight is 484 g/mol. The first-order chi connectivity index (χ1) is 16.2. The number of hydrogen-bond donors (Lipinski definition) is 5. The second kappa shape index (κ2) is 8.58. The van der Waals surface area contributed by atoms with Crippen molar-refractivity contribution < 1.29 is 9.59 Å². The Morgan fingerprint density at radius 2 is 2.21 bits per heavy atom. The van der Waals surface area contributed by atoms with Crippen LogP contribution in [0, 0.1) is 0 Å². The number of carbonyl (C=O) groups is 2. The number of thioether (sulfide) groups is 1. The third-order valence-corrected chi connectivity index (χ3v) is 7.55. The van der Waals surface area contributed by atoms with Crippen LogP contribution in [0.2, 0.25) is 0 Å². The number of aromatic nitrogens is 4. The fourth-order valence-electron chi connectivity index (χ4n) is 4.90. The van der Waals surface area contributed by atoms with Crippen molar-refractivity contribution in [3.8, 4) is 11.4 Å². The molecule has 5 rings (SSSR count). The van der Waals surface area contributed by atoms with Crippen molar-refractivity contribution in [1.29, 1.82) is 0 Å². The maximum atomic E-state index is 13.2. The van der Waals surface area contributed by atoms with Gasteiger partial charge in [-0.2, -0.15) is 5.10 Å². The zero-order valence-corrected chi connectivity index (χ0v) is 20.3. The summed E-state index contributed by atoms with van der Waals surface area (Å²) in [7, 11) is 1.92. The van der Waals surface area contributed by atoms with Gasteiger partial charge in [-0.15, -0.1) is 0 Å². The first kappa shape index (κ1) is 22.7. The minimum Gasteiger partial charge on any atom is -0.368 e. The van der Waals surface area contributed by atoms with E-state index in [1.165, 1.54) is 11.8 Å². The van der Waals surface area contributed by atoms with Crippen LogP contribution in [0.15, 0.2) is 17.3 Å². The van der Waals surface area contributed by atoms with Gasteiger partial charge >= 0.3 is 0 Å². The predicted octanol–water partition coefficient (Wildman–Crippen LogP) is 0.684. The van der Waals surface area contributed by atoms with Gasteiger partial charge in [0.15, 0.2) is 11.2 Å². The Balaban J connectivity index is 1.25. The molecule has 1 fully saturated rings. The molecule has 3 aliphatic rings. The third-order valence-electron chi connectivity index (χ3n) is 6.63. The molecule has 1 aliphatic carbocycles. The van der Waals surface area contributed by atoms with E-state index < -0.39 is 0 Å². The van der Waals surface area contributed by atoms with Crippen LogP contribution in [0.1, 0.15) is 48.3 Å². The molecule has 0 aromatic carbocycles. The number of nitrogens with two attached hydrogens (primary N) is 1. The summed E-state index contributed by atoms with van der Waals surface area (Å²) in [6.45, 7) is 5.64. The van der Waals surface area contributed by atoms with Crippen molar-refractivity contribution in [3.05, 3.63) is 34.1 Å². The average Bonchev–Trinajstić information content (AvgIpc) is 3.54. The fraction of sp³-hybridized carbons (Fsp3) is 0.500. The predicted molar refractivity (Wildman–Crippen MR) is 129 cm³/mol. The molecular weight excluding hydrogens is 454 g/mol. The van der Waals surface area contributed by atoms with Crippen molar-refractivity contribution in [3.63, 3.8) is 0 Å².